The molecule has 7 heteroatoms. The highest BCUT2D eigenvalue weighted by Crippen LogP contribution is 2.55. The molecule has 2 aliphatic heterocycles. The first-order chi connectivity index (χ1) is 13.5. The number of rotatable bonds is 2. The fourth-order valence-electron chi connectivity index (χ4n) is 4.29. The maximum Gasteiger partial charge on any atom is 0.172 e. The number of likely N-dealkylation sites (N-methyl/N-ethyl adjacent to an activating group) is 1. The fourth-order valence-corrected chi connectivity index (χ4v) is 7.64. The van der Waals surface area contributed by atoms with Crippen LogP contribution in [0.5, 0.6) is 0 Å². The van der Waals surface area contributed by atoms with Gasteiger partial charge in [0.05, 0.1) is 5.69 Å². The predicted molar refractivity (Wildman–Crippen MR) is 118 cm³/mol. The van der Waals surface area contributed by atoms with Gasteiger partial charge in [-0.3, -0.25) is 0 Å². The Morgan fingerprint density at radius 1 is 1.29 bits per heavy atom. The molecule has 1 saturated heterocycles. The Morgan fingerprint density at radius 2 is 2.14 bits per heavy atom. The van der Waals surface area contributed by atoms with E-state index in [1.54, 1.807) is 17.4 Å². The zero-order chi connectivity index (χ0) is 19.4. The fraction of sp³-hybridized carbons (Fsp3) is 0.333. The van der Waals surface area contributed by atoms with E-state index < -0.39 is 16.7 Å². The Bertz CT molecular complexity index is 1090. The van der Waals surface area contributed by atoms with Crippen LogP contribution in [0.1, 0.15) is 30.6 Å². The van der Waals surface area contributed by atoms with Gasteiger partial charge in [-0.1, -0.05) is 0 Å². The molecule has 28 heavy (non-hydrogen) atoms. The first-order valence-electron chi connectivity index (χ1n) is 9.54. The summed E-state index contributed by atoms with van der Waals surface area (Å²) in [5.74, 6) is 0.134. The summed E-state index contributed by atoms with van der Waals surface area (Å²) in [6, 6.07) is 8.49. The maximum absolute atomic E-state index is 14.4. The van der Waals surface area contributed by atoms with Gasteiger partial charge in [-0.25, -0.2) is 14.4 Å². The van der Waals surface area contributed by atoms with Gasteiger partial charge in [-0.05, 0) is 57.6 Å². The molecule has 0 saturated carbocycles. The summed E-state index contributed by atoms with van der Waals surface area (Å²) in [4.78, 5) is 16.1. The van der Waals surface area contributed by atoms with Crippen molar-refractivity contribution in [3.05, 3.63) is 41.2 Å². The summed E-state index contributed by atoms with van der Waals surface area (Å²) in [7, 11) is 1.37. The lowest BCUT2D eigenvalue weighted by atomic mass is 9.89. The van der Waals surface area contributed by atoms with Gasteiger partial charge in [0.2, 0.25) is 0 Å². The van der Waals surface area contributed by atoms with Gasteiger partial charge in [0, 0.05) is 43.8 Å². The van der Waals surface area contributed by atoms with Crippen LogP contribution in [0.3, 0.4) is 0 Å². The molecule has 4 nitrogen and oxygen atoms in total. The van der Waals surface area contributed by atoms with E-state index in [9.17, 15) is 4.39 Å². The summed E-state index contributed by atoms with van der Waals surface area (Å²) in [5, 5.41) is 1.19. The van der Waals surface area contributed by atoms with Crippen molar-refractivity contribution in [1.29, 1.82) is 0 Å². The summed E-state index contributed by atoms with van der Waals surface area (Å²) in [6.45, 7) is 3.49. The van der Waals surface area contributed by atoms with E-state index >= 15 is 0 Å². The van der Waals surface area contributed by atoms with Crippen LogP contribution in [0, 0.1) is 5.82 Å². The van der Waals surface area contributed by atoms with Crippen LogP contribution in [0.4, 0.5) is 15.8 Å². The van der Waals surface area contributed by atoms with E-state index in [4.69, 9.17) is 5.73 Å². The third-order valence-electron chi connectivity index (χ3n) is 6.05. The van der Waals surface area contributed by atoms with E-state index in [1.165, 1.54) is 34.5 Å². The van der Waals surface area contributed by atoms with Crippen LogP contribution in [-0.4, -0.2) is 35.1 Å². The molecule has 0 aliphatic carbocycles. The minimum Gasteiger partial charge on any atom is -0.396 e. The molecule has 2 aliphatic rings. The number of nitrogen functional groups attached to an aromatic ring is 1. The number of thiophene rings is 1. The standard InChI is InChI=1S/C21H23FN4S2/c1-12-13(4-3-9-26(12)2)16-10-14-17(7-8-24-21(14)27-16)28-11-25-20-18(28)6-5-15(23)19(20)22/h5-8,10-13,28H,3-4,9,23H2,1-2H3. The SMILES string of the molecule is CC1C(c2cc3c([SH]4C=Nc5c4ccc(N)c5F)ccnc3s2)CCCN1C. The Morgan fingerprint density at radius 3 is 3.00 bits per heavy atom. The monoisotopic (exact) mass is 414 g/mol. The number of benzene rings is 1. The summed E-state index contributed by atoms with van der Waals surface area (Å²) >= 11 is 1.80. The van der Waals surface area contributed by atoms with E-state index in [0.717, 1.165) is 9.73 Å². The van der Waals surface area contributed by atoms with Crippen molar-refractivity contribution in [3.63, 3.8) is 0 Å². The van der Waals surface area contributed by atoms with Gasteiger partial charge in [0.1, 0.15) is 10.5 Å². The molecule has 0 bridgehead atoms. The van der Waals surface area contributed by atoms with Gasteiger partial charge < -0.3 is 10.6 Å². The van der Waals surface area contributed by atoms with E-state index in [-0.39, 0.29) is 5.69 Å². The van der Waals surface area contributed by atoms with Gasteiger partial charge >= 0.3 is 0 Å². The Balaban J connectivity index is 1.59. The number of hydrogen-bond acceptors (Lipinski definition) is 5. The zero-order valence-electron chi connectivity index (χ0n) is 15.9. The number of hydrogen-bond donors (Lipinski definition) is 2. The highest BCUT2D eigenvalue weighted by Gasteiger charge is 2.29. The number of pyridine rings is 1. The van der Waals surface area contributed by atoms with Crippen molar-refractivity contribution < 1.29 is 4.39 Å². The zero-order valence-corrected chi connectivity index (χ0v) is 17.6. The molecule has 0 radical (unpaired) electrons. The number of fused-ring (bicyclic) bond motifs is 2. The molecule has 2 N–H and O–H groups in total. The van der Waals surface area contributed by atoms with Crippen molar-refractivity contribution in [2.24, 2.45) is 4.99 Å². The molecule has 4 heterocycles. The molecule has 3 aromatic rings. The Hall–Kier alpha value is -1.96. The number of likely N-dealkylation sites (tertiary alicyclic amines) is 1. The highest BCUT2D eigenvalue weighted by atomic mass is 32.2. The molecule has 1 aromatic carbocycles. The van der Waals surface area contributed by atoms with Gasteiger partial charge in [-0.15, -0.1) is 11.3 Å². The lowest BCUT2D eigenvalue weighted by molar-refractivity contribution is 0.176. The molecule has 3 unspecified atom stereocenters. The average Bonchev–Trinajstić information content (AvgIpc) is 3.31. The topological polar surface area (TPSA) is 54.5 Å². The molecule has 0 spiro atoms. The first kappa shape index (κ1) is 18.1. The van der Waals surface area contributed by atoms with Gasteiger partial charge in [-0.2, -0.15) is 10.9 Å². The lowest BCUT2D eigenvalue weighted by Crippen LogP contribution is -2.38. The van der Waals surface area contributed by atoms with Crippen molar-refractivity contribution in [1.82, 2.24) is 9.88 Å². The third kappa shape index (κ3) is 2.76. The molecule has 5 rings (SSSR count). The number of halogens is 1. The predicted octanol–water partition coefficient (Wildman–Crippen LogP) is 5.31. The molecule has 0 amide bonds. The van der Waals surface area contributed by atoms with Crippen LogP contribution in [0.2, 0.25) is 0 Å². The first-order valence-corrected chi connectivity index (χ1v) is 11.8. The van der Waals surface area contributed by atoms with Crippen LogP contribution in [0.25, 0.3) is 10.2 Å². The van der Waals surface area contributed by atoms with Crippen molar-refractivity contribution >= 4 is 49.4 Å². The maximum atomic E-state index is 14.4. The number of aliphatic imine (C=N–C) groups is 1. The molecule has 3 atom stereocenters. The minimum atomic E-state index is -0.839. The van der Waals surface area contributed by atoms with E-state index in [0.29, 0.717) is 17.6 Å². The number of aromatic nitrogens is 1. The second-order valence-electron chi connectivity index (χ2n) is 7.62. The van der Waals surface area contributed by atoms with Crippen molar-refractivity contribution in [2.75, 3.05) is 19.3 Å². The smallest absolute Gasteiger partial charge is 0.172 e. The summed E-state index contributed by atoms with van der Waals surface area (Å²) < 4.78 is 14.4. The van der Waals surface area contributed by atoms with E-state index in [2.05, 4.69) is 41.0 Å². The Labute approximate surface area is 170 Å². The lowest BCUT2D eigenvalue weighted by Gasteiger charge is -2.36. The summed E-state index contributed by atoms with van der Waals surface area (Å²) in [5.41, 5.74) is 8.17. The number of nitrogens with two attached hydrogens (primary N) is 1. The van der Waals surface area contributed by atoms with Crippen LogP contribution >= 0.6 is 22.2 Å². The molecular formula is C21H23FN4S2. The minimum absolute atomic E-state index is 0.154. The van der Waals surface area contributed by atoms with Crippen LogP contribution < -0.4 is 5.73 Å². The number of thiol groups is 1. The van der Waals surface area contributed by atoms with Gasteiger partial charge in [0.15, 0.2) is 5.82 Å². The van der Waals surface area contributed by atoms with Crippen molar-refractivity contribution in [2.45, 2.75) is 41.5 Å². The molecule has 1 fully saturated rings. The molecule has 146 valence electrons. The molecule has 2 aromatic heterocycles. The second-order valence-corrected chi connectivity index (χ2v) is 10.6. The normalized spacial score (nSPS) is 26.0. The largest absolute Gasteiger partial charge is 0.396 e. The Kier molecular flexibility index (Phi) is 4.41. The van der Waals surface area contributed by atoms with E-state index in [1.807, 2.05) is 17.8 Å². The third-order valence-corrected chi connectivity index (χ3v) is 9.36. The van der Waals surface area contributed by atoms with Crippen LogP contribution in [0.15, 0.2) is 45.2 Å². The highest BCUT2D eigenvalue weighted by molar-refractivity contribution is 8.29. The van der Waals surface area contributed by atoms with Gasteiger partial charge in [0.25, 0.3) is 0 Å². The second kappa shape index (κ2) is 6.83. The number of anilines is 1. The quantitative estimate of drug-likeness (QED) is 0.441. The average molecular weight is 415 g/mol. The van der Waals surface area contributed by atoms with Crippen LogP contribution in [-0.2, 0) is 0 Å². The van der Waals surface area contributed by atoms with Crippen molar-refractivity contribution in [3.8, 4) is 0 Å². The molecular weight excluding hydrogens is 391 g/mol. The number of nitrogens with zero attached hydrogens (tertiary/aromatic N) is 3. The summed E-state index contributed by atoms with van der Waals surface area (Å²) in [6.07, 6.45) is 4.32. The number of piperidine rings is 1.